The Morgan fingerprint density at radius 1 is 1.42 bits per heavy atom. The van der Waals surface area contributed by atoms with Gasteiger partial charge in [0.2, 0.25) is 0 Å². The summed E-state index contributed by atoms with van der Waals surface area (Å²) >= 11 is 0. The van der Waals surface area contributed by atoms with Gasteiger partial charge in [0.05, 0.1) is 5.69 Å². The summed E-state index contributed by atoms with van der Waals surface area (Å²) in [4.78, 5) is 4.60. The second kappa shape index (κ2) is 5.13. The zero-order valence-electron chi connectivity index (χ0n) is 10.7. The van der Waals surface area contributed by atoms with Gasteiger partial charge in [0.15, 0.2) is 0 Å². The largest absolute Gasteiger partial charge is 0.396 e. The number of aryl methyl sites for hydroxylation is 1. The fourth-order valence-electron chi connectivity index (χ4n) is 2.65. The van der Waals surface area contributed by atoms with E-state index in [2.05, 4.69) is 9.55 Å². The molecule has 1 aromatic carbocycles. The van der Waals surface area contributed by atoms with Crippen molar-refractivity contribution in [3.8, 4) is 0 Å². The highest BCUT2D eigenvalue weighted by Crippen LogP contribution is 2.21. The van der Waals surface area contributed by atoms with Crippen molar-refractivity contribution in [2.75, 3.05) is 6.61 Å². The van der Waals surface area contributed by atoms with E-state index in [0.29, 0.717) is 12.3 Å². The van der Waals surface area contributed by atoms with Gasteiger partial charge in [-0.25, -0.2) is 9.37 Å². The number of aliphatic hydroxyl groups is 1. The molecular weight excluding hydrogens is 243 g/mol. The van der Waals surface area contributed by atoms with Crippen LogP contribution in [0, 0.1) is 11.7 Å². The number of nitrogens with zero attached hydrogens (tertiary/aromatic N) is 2. The van der Waals surface area contributed by atoms with Crippen molar-refractivity contribution in [1.82, 2.24) is 9.55 Å². The zero-order chi connectivity index (χ0) is 13.2. The molecule has 0 saturated carbocycles. The van der Waals surface area contributed by atoms with E-state index in [1.54, 1.807) is 12.1 Å². The van der Waals surface area contributed by atoms with E-state index in [-0.39, 0.29) is 12.4 Å². The van der Waals surface area contributed by atoms with Gasteiger partial charge in [0.25, 0.3) is 0 Å². The molecular formula is C15H17FN2O. The van der Waals surface area contributed by atoms with Crippen LogP contribution in [0.25, 0.3) is 0 Å². The molecule has 2 aromatic rings. The normalized spacial score (nSPS) is 18.3. The van der Waals surface area contributed by atoms with Crippen LogP contribution < -0.4 is 0 Å². The summed E-state index contributed by atoms with van der Waals surface area (Å²) in [5.74, 6) is 1.16. The third-order valence-corrected chi connectivity index (χ3v) is 3.69. The number of halogens is 1. The average Bonchev–Trinajstić information content (AvgIpc) is 2.79. The molecule has 0 aliphatic carbocycles. The van der Waals surface area contributed by atoms with Gasteiger partial charge in [-0.2, -0.15) is 0 Å². The smallest absolute Gasteiger partial charge is 0.123 e. The first-order valence-electron chi connectivity index (χ1n) is 6.65. The number of hydrogen-bond donors (Lipinski definition) is 1. The second-order valence-electron chi connectivity index (χ2n) is 5.19. The van der Waals surface area contributed by atoms with Gasteiger partial charge in [-0.1, -0.05) is 12.1 Å². The van der Waals surface area contributed by atoms with E-state index < -0.39 is 0 Å². The highest BCUT2D eigenvalue weighted by Gasteiger charge is 2.19. The van der Waals surface area contributed by atoms with Crippen LogP contribution in [0.1, 0.15) is 23.5 Å². The molecule has 1 aliphatic heterocycles. The molecule has 1 atom stereocenters. The topological polar surface area (TPSA) is 38.0 Å². The number of hydrogen-bond acceptors (Lipinski definition) is 2. The van der Waals surface area contributed by atoms with Crippen molar-refractivity contribution in [3.05, 3.63) is 53.4 Å². The Hall–Kier alpha value is -1.68. The third kappa shape index (κ3) is 2.68. The molecule has 3 rings (SSSR count). The van der Waals surface area contributed by atoms with Crippen LogP contribution >= 0.6 is 0 Å². The first-order valence-corrected chi connectivity index (χ1v) is 6.65. The standard InChI is InChI=1S/C15H17FN2O/c16-13-3-1-2-11(6-13)7-14-9-18-5-4-12(10-19)8-15(18)17-14/h1-3,6,9,12,19H,4-5,7-8,10H2. The number of imidazole rings is 1. The minimum atomic E-state index is -0.207. The van der Waals surface area contributed by atoms with Crippen molar-refractivity contribution < 1.29 is 9.50 Å². The summed E-state index contributed by atoms with van der Waals surface area (Å²) in [7, 11) is 0. The molecule has 0 radical (unpaired) electrons. The summed E-state index contributed by atoms with van der Waals surface area (Å²) in [6.45, 7) is 1.14. The fraction of sp³-hybridized carbons (Fsp3) is 0.400. The summed E-state index contributed by atoms with van der Waals surface area (Å²) in [6, 6.07) is 6.64. The van der Waals surface area contributed by atoms with Crippen LogP contribution in [0.5, 0.6) is 0 Å². The Labute approximate surface area is 111 Å². The molecule has 2 heterocycles. The van der Waals surface area contributed by atoms with E-state index in [1.165, 1.54) is 6.07 Å². The Morgan fingerprint density at radius 2 is 2.32 bits per heavy atom. The molecule has 4 heteroatoms. The van der Waals surface area contributed by atoms with Gasteiger partial charge in [-0.15, -0.1) is 0 Å². The van der Waals surface area contributed by atoms with Crippen LogP contribution in [-0.2, 0) is 19.4 Å². The molecule has 100 valence electrons. The Kier molecular flexibility index (Phi) is 3.34. The maximum absolute atomic E-state index is 13.1. The molecule has 1 aromatic heterocycles. The van der Waals surface area contributed by atoms with Gasteiger partial charge >= 0.3 is 0 Å². The van der Waals surface area contributed by atoms with E-state index in [4.69, 9.17) is 0 Å². The minimum absolute atomic E-state index is 0.207. The van der Waals surface area contributed by atoms with Gasteiger partial charge in [0, 0.05) is 32.2 Å². The van der Waals surface area contributed by atoms with Gasteiger partial charge in [0.1, 0.15) is 11.6 Å². The predicted octanol–water partition coefficient (Wildman–Crippen LogP) is 2.17. The predicted molar refractivity (Wildman–Crippen MR) is 70.3 cm³/mol. The summed E-state index contributed by atoms with van der Waals surface area (Å²) in [5.41, 5.74) is 1.91. The Morgan fingerprint density at radius 3 is 3.11 bits per heavy atom. The maximum atomic E-state index is 13.1. The zero-order valence-corrected chi connectivity index (χ0v) is 10.7. The van der Waals surface area contributed by atoms with Gasteiger partial charge in [-0.05, 0) is 30.0 Å². The fourth-order valence-corrected chi connectivity index (χ4v) is 2.65. The third-order valence-electron chi connectivity index (χ3n) is 3.69. The van der Waals surface area contributed by atoms with Crippen molar-refractivity contribution in [2.24, 2.45) is 5.92 Å². The quantitative estimate of drug-likeness (QED) is 0.918. The lowest BCUT2D eigenvalue weighted by Gasteiger charge is -2.20. The van der Waals surface area contributed by atoms with E-state index in [9.17, 15) is 9.50 Å². The lowest BCUT2D eigenvalue weighted by atomic mass is 9.99. The molecule has 3 nitrogen and oxygen atoms in total. The Bertz CT molecular complexity index is 579. The first kappa shape index (κ1) is 12.4. The highest BCUT2D eigenvalue weighted by atomic mass is 19.1. The highest BCUT2D eigenvalue weighted by molar-refractivity contribution is 5.22. The van der Waals surface area contributed by atoms with Crippen LogP contribution in [0.2, 0.25) is 0 Å². The van der Waals surface area contributed by atoms with E-state index in [1.807, 2.05) is 12.3 Å². The van der Waals surface area contributed by atoms with Crippen molar-refractivity contribution in [3.63, 3.8) is 0 Å². The minimum Gasteiger partial charge on any atom is -0.396 e. The second-order valence-corrected chi connectivity index (χ2v) is 5.19. The van der Waals surface area contributed by atoms with Crippen LogP contribution in [0.3, 0.4) is 0 Å². The monoisotopic (exact) mass is 260 g/mol. The molecule has 19 heavy (non-hydrogen) atoms. The summed E-state index contributed by atoms with van der Waals surface area (Å²) < 4.78 is 15.3. The SMILES string of the molecule is OCC1CCn2cc(Cc3cccc(F)c3)nc2C1. The van der Waals surface area contributed by atoms with E-state index in [0.717, 1.165) is 36.5 Å². The summed E-state index contributed by atoms with van der Waals surface area (Å²) in [6.07, 6.45) is 4.54. The van der Waals surface area contributed by atoms with Gasteiger partial charge < -0.3 is 9.67 Å². The molecule has 0 spiro atoms. The molecule has 1 unspecified atom stereocenters. The van der Waals surface area contributed by atoms with Crippen molar-refractivity contribution in [1.29, 1.82) is 0 Å². The number of aliphatic hydroxyl groups excluding tert-OH is 1. The lowest BCUT2D eigenvalue weighted by Crippen LogP contribution is -2.21. The van der Waals surface area contributed by atoms with Crippen molar-refractivity contribution in [2.45, 2.75) is 25.8 Å². The number of aromatic nitrogens is 2. The molecule has 0 amide bonds. The number of benzene rings is 1. The Balaban J connectivity index is 1.78. The first-order chi connectivity index (χ1) is 9.24. The summed E-state index contributed by atoms with van der Waals surface area (Å²) in [5, 5.41) is 9.21. The average molecular weight is 260 g/mol. The van der Waals surface area contributed by atoms with Gasteiger partial charge in [-0.3, -0.25) is 0 Å². The molecule has 0 saturated heterocycles. The number of fused-ring (bicyclic) bond motifs is 1. The van der Waals surface area contributed by atoms with E-state index >= 15 is 0 Å². The van der Waals surface area contributed by atoms with Crippen molar-refractivity contribution >= 4 is 0 Å². The molecule has 0 fully saturated rings. The molecule has 1 aliphatic rings. The van der Waals surface area contributed by atoms with Crippen LogP contribution in [0.4, 0.5) is 4.39 Å². The lowest BCUT2D eigenvalue weighted by molar-refractivity contribution is 0.199. The molecule has 0 bridgehead atoms. The maximum Gasteiger partial charge on any atom is 0.123 e. The van der Waals surface area contributed by atoms with Crippen LogP contribution in [-0.4, -0.2) is 21.3 Å². The molecule has 1 N–H and O–H groups in total. The number of rotatable bonds is 3. The van der Waals surface area contributed by atoms with Crippen LogP contribution in [0.15, 0.2) is 30.5 Å².